The Labute approximate surface area is 220 Å². The van der Waals surface area contributed by atoms with E-state index in [1.807, 2.05) is 42.2 Å². The summed E-state index contributed by atoms with van der Waals surface area (Å²) in [6.07, 6.45) is -2.98. The third kappa shape index (κ3) is 8.13. The number of halogens is 4. The highest BCUT2D eigenvalue weighted by molar-refractivity contribution is 7.90. The van der Waals surface area contributed by atoms with Gasteiger partial charge in [-0.2, -0.15) is 13.2 Å². The Kier molecular flexibility index (Phi) is 9.67. The van der Waals surface area contributed by atoms with Crippen molar-refractivity contribution in [1.82, 2.24) is 4.90 Å². The lowest BCUT2D eigenvalue weighted by molar-refractivity contribution is -0.137. The Bertz CT molecular complexity index is 1340. The molecule has 0 saturated heterocycles. The van der Waals surface area contributed by atoms with Crippen molar-refractivity contribution in [3.8, 4) is 5.75 Å². The Hall–Kier alpha value is -3.24. The zero-order valence-corrected chi connectivity index (χ0v) is 21.9. The standard InChI is InChI=1S/C28H29F4NO4S/c1-20(22-9-4-3-5-10-22)17-33(18-21-8-6-11-23(14-21)28(30,31)32)12-7-13-37-24-15-26(29)25(19-34)27(16-24)38(2,35)36/h3-6,8-11,14-16,19-20H,7,12-13,17-18H2,1-2H3. The quantitative estimate of drug-likeness (QED) is 0.154. The maximum absolute atomic E-state index is 14.3. The molecule has 0 bridgehead atoms. The lowest BCUT2D eigenvalue weighted by atomic mass is 10.00. The van der Waals surface area contributed by atoms with Gasteiger partial charge in [-0.15, -0.1) is 0 Å². The number of carbonyl (C=O) groups excluding carboxylic acids is 1. The first-order chi connectivity index (χ1) is 17.9. The summed E-state index contributed by atoms with van der Waals surface area (Å²) in [5.74, 6) is -0.929. The molecule has 38 heavy (non-hydrogen) atoms. The molecule has 3 rings (SSSR count). The Balaban J connectivity index is 1.72. The summed E-state index contributed by atoms with van der Waals surface area (Å²) < 4.78 is 83.4. The van der Waals surface area contributed by atoms with Gasteiger partial charge in [-0.05, 0) is 35.6 Å². The van der Waals surface area contributed by atoms with Gasteiger partial charge in [0.15, 0.2) is 16.1 Å². The van der Waals surface area contributed by atoms with Crippen molar-refractivity contribution in [2.75, 3.05) is 26.0 Å². The summed E-state index contributed by atoms with van der Waals surface area (Å²) in [6, 6.07) is 17.0. The van der Waals surface area contributed by atoms with E-state index in [0.29, 0.717) is 25.1 Å². The van der Waals surface area contributed by atoms with E-state index in [1.54, 1.807) is 6.07 Å². The van der Waals surface area contributed by atoms with Crippen LogP contribution in [0.5, 0.6) is 5.75 Å². The number of rotatable bonds is 12. The second-order valence-electron chi connectivity index (χ2n) is 9.15. The van der Waals surface area contributed by atoms with Crippen LogP contribution in [0.1, 0.15) is 46.3 Å². The van der Waals surface area contributed by atoms with Crippen molar-refractivity contribution in [2.45, 2.75) is 36.9 Å². The fourth-order valence-corrected chi connectivity index (χ4v) is 5.04. The van der Waals surface area contributed by atoms with Crippen LogP contribution in [0.4, 0.5) is 17.6 Å². The van der Waals surface area contributed by atoms with Crippen molar-refractivity contribution < 1.29 is 35.5 Å². The molecule has 0 aromatic heterocycles. The van der Waals surface area contributed by atoms with Crippen LogP contribution in [0, 0.1) is 5.82 Å². The van der Waals surface area contributed by atoms with Crippen LogP contribution in [0.15, 0.2) is 71.6 Å². The highest BCUT2D eigenvalue weighted by atomic mass is 32.2. The highest BCUT2D eigenvalue weighted by Gasteiger charge is 2.30. The number of benzene rings is 3. The molecular formula is C28H29F4NO4S. The predicted octanol–water partition coefficient (Wildman–Crippen LogP) is 6.14. The van der Waals surface area contributed by atoms with Crippen molar-refractivity contribution in [2.24, 2.45) is 0 Å². The van der Waals surface area contributed by atoms with E-state index in [2.05, 4.69) is 0 Å². The van der Waals surface area contributed by atoms with Crippen LogP contribution in [0.25, 0.3) is 0 Å². The van der Waals surface area contributed by atoms with E-state index >= 15 is 0 Å². The molecule has 1 atom stereocenters. The van der Waals surface area contributed by atoms with E-state index in [-0.39, 0.29) is 31.1 Å². The van der Waals surface area contributed by atoms with Crippen LogP contribution < -0.4 is 4.74 Å². The average Bonchev–Trinajstić information content (AvgIpc) is 2.86. The Morgan fingerprint density at radius 2 is 1.74 bits per heavy atom. The van der Waals surface area contributed by atoms with Crippen LogP contribution in [-0.4, -0.2) is 45.6 Å². The molecule has 5 nitrogen and oxygen atoms in total. The van der Waals surface area contributed by atoms with Crippen molar-refractivity contribution in [3.63, 3.8) is 0 Å². The number of ether oxygens (including phenoxy) is 1. The Morgan fingerprint density at radius 3 is 2.37 bits per heavy atom. The third-order valence-corrected chi connectivity index (χ3v) is 7.17. The average molecular weight is 552 g/mol. The monoisotopic (exact) mass is 551 g/mol. The highest BCUT2D eigenvalue weighted by Crippen LogP contribution is 2.30. The first-order valence-electron chi connectivity index (χ1n) is 11.9. The second kappa shape index (κ2) is 12.5. The molecule has 0 aliphatic rings. The molecule has 0 aliphatic heterocycles. The molecule has 3 aromatic carbocycles. The molecule has 10 heteroatoms. The van der Waals surface area contributed by atoms with E-state index in [4.69, 9.17) is 4.74 Å². The van der Waals surface area contributed by atoms with Crippen LogP contribution in [0.2, 0.25) is 0 Å². The molecule has 0 fully saturated rings. The largest absolute Gasteiger partial charge is 0.493 e. The molecule has 0 amide bonds. The zero-order valence-electron chi connectivity index (χ0n) is 21.0. The number of hydrogen-bond donors (Lipinski definition) is 0. The first-order valence-corrected chi connectivity index (χ1v) is 13.8. The van der Waals surface area contributed by atoms with E-state index in [1.165, 1.54) is 6.07 Å². The molecule has 0 aliphatic carbocycles. The fraction of sp³-hybridized carbons (Fsp3) is 0.321. The maximum atomic E-state index is 14.3. The maximum Gasteiger partial charge on any atom is 0.416 e. The first kappa shape index (κ1) is 29.3. The van der Waals surface area contributed by atoms with Crippen molar-refractivity contribution >= 4 is 16.1 Å². The third-order valence-electron chi connectivity index (χ3n) is 6.03. The van der Waals surface area contributed by atoms with Gasteiger partial charge in [0.1, 0.15) is 11.6 Å². The topological polar surface area (TPSA) is 63.7 Å². The molecule has 204 valence electrons. The summed E-state index contributed by atoms with van der Waals surface area (Å²) in [6.45, 7) is 3.45. The molecule has 0 N–H and O–H groups in total. The summed E-state index contributed by atoms with van der Waals surface area (Å²) in [5, 5.41) is 0. The number of carbonyl (C=O) groups is 1. The van der Waals surface area contributed by atoms with Gasteiger partial charge in [-0.1, -0.05) is 55.5 Å². The lowest BCUT2D eigenvalue weighted by Crippen LogP contribution is -2.29. The van der Waals surface area contributed by atoms with Crippen LogP contribution in [-0.2, 0) is 22.6 Å². The van der Waals surface area contributed by atoms with Crippen LogP contribution in [0.3, 0.4) is 0 Å². The van der Waals surface area contributed by atoms with Crippen molar-refractivity contribution in [1.29, 1.82) is 0 Å². The van der Waals surface area contributed by atoms with E-state index in [9.17, 15) is 30.8 Å². The number of alkyl halides is 3. The summed E-state index contributed by atoms with van der Waals surface area (Å²) >= 11 is 0. The molecule has 0 spiro atoms. The molecule has 0 saturated carbocycles. The molecule has 0 radical (unpaired) electrons. The lowest BCUT2D eigenvalue weighted by Gasteiger charge is -2.26. The second-order valence-corrected chi connectivity index (χ2v) is 11.1. The van der Waals surface area contributed by atoms with E-state index < -0.39 is 37.9 Å². The predicted molar refractivity (Wildman–Crippen MR) is 137 cm³/mol. The van der Waals surface area contributed by atoms with Gasteiger partial charge in [0.25, 0.3) is 0 Å². The van der Waals surface area contributed by atoms with Gasteiger partial charge in [-0.25, -0.2) is 12.8 Å². The minimum absolute atomic E-state index is 0.0318. The normalized spacial score (nSPS) is 12.9. The zero-order chi connectivity index (χ0) is 27.9. The molecule has 1 unspecified atom stereocenters. The molecular weight excluding hydrogens is 522 g/mol. The molecule has 0 heterocycles. The van der Waals surface area contributed by atoms with Crippen LogP contribution >= 0.6 is 0 Å². The van der Waals surface area contributed by atoms with Crippen molar-refractivity contribution in [3.05, 3.63) is 94.8 Å². The minimum Gasteiger partial charge on any atom is -0.493 e. The van der Waals surface area contributed by atoms with Gasteiger partial charge in [0.2, 0.25) is 0 Å². The van der Waals surface area contributed by atoms with Gasteiger partial charge in [0, 0.05) is 32.0 Å². The number of aldehydes is 1. The Morgan fingerprint density at radius 1 is 1.03 bits per heavy atom. The van der Waals surface area contributed by atoms with Gasteiger partial charge in [-0.3, -0.25) is 9.69 Å². The van der Waals surface area contributed by atoms with E-state index in [0.717, 1.165) is 36.1 Å². The summed E-state index contributed by atoms with van der Waals surface area (Å²) in [4.78, 5) is 12.7. The number of nitrogens with zero attached hydrogens (tertiary/aromatic N) is 1. The summed E-state index contributed by atoms with van der Waals surface area (Å²) in [7, 11) is -3.86. The molecule has 3 aromatic rings. The minimum atomic E-state index is -4.44. The SMILES string of the molecule is CC(CN(CCCOc1cc(F)c(C=O)c(S(C)(=O)=O)c1)Cc1cccc(C(F)(F)F)c1)c1ccccc1. The van der Waals surface area contributed by atoms with Gasteiger partial charge in [0.05, 0.1) is 22.6 Å². The number of hydrogen-bond acceptors (Lipinski definition) is 5. The fourth-order valence-electron chi connectivity index (χ4n) is 4.17. The number of sulfone groups is 1. The van der Waals surface area contributed by atoms with Gasteiger partial charge < -0.3 is 4.74 Å². The van der Waals surface area contributed by atoms with Gasteiger partial charge >= 0.3 is 6.18 Å². The smallest absolute Gasteiger partial charge is 0.416 e. The summed E-state index contributed by atoms with van der Waals surface area (Å²) in [5.41, 5.74) is 0.348.